The van der Waals surface area contributed by atoms with Crippen LogP contribution in [-0.4, -0.2) is 41.7 Å². The van der Waals surface area contributed by atoms with Gasteiger partial charge in [-0.25, -0.2) is 0 Å². The molecule has 0 aromatic rings. The molecule has 82 valence electrons. The van der Waals surface area contributed by atoms with E-state index in [1.54, 1.807) is 4.90 Å². The van der Waals surface area contributed by atoms with Crippen LogP contribution in [0.2, 0.25) is 0 Å². The molecule has 1 fully saturated rings. The molecular weight excluding hydrogens is 180 g/mol. The maximum atomic E-state index is 11.5. The standard InChI is InChI=1S/C10H20N2O2/c1-10(2,4-6-13)7-12-5-3-8(11)9(12)14/h8,13H,3-7,11H2,1-2H3. The fraction of sp³-hybridized carbons (Fsp3) is 0.900. The van der Waals surface area contributed by atoms with Gasteiger partial charge in [0, 0.05) is 19.7 Å². The van der Waals surface area contributed by atoms with Gasteiger partial charge in [-0.1, -0.05) is 13.8 Å². The van der Waals surface area contributed by atoms with E-state index in [0.717, 1.165) is 13.0 Å². The van der Waals surface area contributed by atoms with Crippen LogP contribution in [-0.2, 0) is 4.79 Å². The highest BCUT2D eigenvalue weighted by Gasteiger charge is 2.32. The van der Waals surface area contributed by atoms with Gasteiger partial charge < -0.3 is 15.7 Å². The molecule has 4 heteroatoms. The number of hydrogen-bond acceptors (Lipinski definition) is 3. The largest absolute Gasteiger partial charge is 0.396 e. The molecule has 1 aliphatic heterocycles. The topological polar surface area (TPSA) is 66.6 Å². The summed E-state index contributed by atoms with van der Waals surface area (Å²) >= 11 is 0. The van der Waals surface area contributed by atoms with E-state index in [9.17, 15) is 4.79 Å². The summed E-state index contributed by atoms with van der Waals surface area (Å²) in [7, 11) is 0. The summed E-state index contributed by atoms with van der Waals surface area (Å²) in [4.78, 5) is 13.3. The van der Waals surface area contributed by atoms with Crippen LogP contribution in [0.3, 0.4) is 0 Å². The number of likely N-dealkylation sites (tertiary alicyclic amines) is 1. The van der Waals surface area contributed by atoms with Crippen molar-refractivity contribution in [3.63, 3.8) is 0 Å². The van der Waals surface area contributed by atoms with Gasteiger partial charge in [0.05, 0.1) is 6.04 Å². The fourth-order valence-electron chi connectivity index (χ4n) is 1.82. The number of nitrogens with two attached hydrogens (primary N) is 1. The highest BCUT2D eigenvalue weighted by molar-refractivity contribution is 5.83. The van der Waals surface area contributed by atoms with Crippen molar-refractivity contribution in [3.8, 4) is 0 Å². The molecule has 1 rings (SSSR count). The Morgan fingerprint density at radius 1 is 1.64 bits per heavy atom. The van der Waals surface area contributed by atoms with Crippen LogP contribution in [0.4, 0.5) is 0 Å². The van der Waals surface area contributed by atoms with Crippen molar-refractivity contribution in [2.45, 2.75) is 32.7 Å². The van der Waals surface area contributed by atoms with E-state index in [1.165, 1.54) is 0 Å². The minimum Gasteiger partial charge on any atom is -0.396 e. The van der Waals surface area contributed by atoms with Crippen molar-refractivity contribution in [2.24, 2.45) is 11.1 Å². The zero-order chi connectivity index (χ0) is 10.8. The van der Waals surface area contributed by atoms with Crippen LogP contribution in [0.15, 0.2) is 0 Å². The van der Waals surface area contributed by atoms with Crippen LogP contribution < -0.4 is 5.73 Å². The van der Waals surface area contributed by atoms with Gasteiger partial charge in [0.25, 0.3) is 0 Å². The molecule has 1 unspecified atom stereocenters. The smallest absolute Gasteiger partial charge is 0.239 e. The number of aliphatic hydroxyl groups excluding tert-OH is 1. The first kappa shape index (κ1) is 11.5. The van der Waals surface area contributed by atoms with Crippen LogP contribution in [0.5, 0.6) is 0 Å². The van der Waals surface area contributed by atoms with E-state index in [1.807, 2.05) is 0 Å². The number of aliphatic hydroxyl groups is 1. The molecule has 14 heavy (non-hydrogen) atoms. The molecule has 0 aromatic heterocycles. The van der Waals surface area contributed by atoms with E-state index in [2.05, 4.69) is 13.8 Å². The van der Waals surface area contributed by atoms with Gasteiger partial charge in [-0.05, 0) is 18.3 Å². The molecule has 1 atom stereocenters. The molecule has 0 aliphatic carbocycles. The number of carbonyl (C=O) groups is 1. The lowest BCUT2D eigenvalue weighted by molar-refractivity contribution is -0.130. The van der Waals surface area contributed by atoms with Crippen molar-refractivity contribution in [3.05, 3.63) is 0 Å². The highest BCUT2D eigenvalue weighted by Crippen LogP contribution is 2.23. The molecule has 0 radical (unpaired) electrons. The first-order chi connectivity index (χ1) is 6.46. The Morgan fingerprint density at radius 2 is 2.29 bits per heavy atom. The first-order valence-corrected chi connectivity index (χ1v) is 5.11. The number of hydrogen-bond donors (Lipinski definition) is 2. The summed E-state index contributed by atoms with van der Waals surface area (Å²) in [6, 6.07) is -0.306. The average Bonchev–Trinajstić information content (AvgIpc) is 2.35. The van der Waals surface area contributed by atoms with Crippen LogP contribution >= 0.6 is 0 Å². The van der Waals surface area contributed by atoms with Crippen molar-refractivity contribution in [1.29, 1.82) is 0 Å². The average molecular weight is 200 g/mol. The SMILES string of the molecule is CC(C)(CCO)CN1CCC(N)C1=O. The Bertz CT molecular complexity index is 216. The van der Waals surface area contributed by atoms with Crippen LogP contribution in [0, 0.1) is 5.41 Å². The number of amides is 1. The summed E-state index contributed by atoms with van der Waals surface area (Å²) in [5.74, 6) is 0.0519. The zero-order valence-corrected chi connectivity index (χ0v) is 8.99. The Kier molecular flexibility index (Phi) is 3.50. The summed E-state index contributed by atoms with van der Waals surface area (Å²) in [6.45, 7) is 5.73. The lowest BCUT2D eigenvalue weighted by Gasteiger charge is -2.29. The van der Waals surface area contributed by atoms with Crippen molar-refractivity contribution in [1.82, 2.24) is 4.90 Å². The molecule has 0 saturated carbocycles. The minimum absolute atomic E-state index is 0.0194. The molecule has 1 amide bonds. The van der Waals surface area contributed by atoms with Gasteiger partial charge in [-0.3, -0.25) is 4.79 Å². The maximum Gasteiger partial charge on any atom is 0.239 e. The van der Waals surface area contributed by atoms with Gasteiger partial charge in [-0.15, -0.1) is 0 Å². The first-order valence-electron chi connectivity index (χ1n) is 5.11. The van der Waals surface area contributed by atoms with Gasteiger partial charge in [-0.2, -0.15) is 0 Å². The molecule has 1 aliphatic rings. The Hall–Kier alpha value is -0.610. The van der Waals surface area contributed by atoms with Gasteiger partial charge >= 0.3 is 0 Å². The monoisotopic (exact) mass is 200 g/mol. The third-order valence-electron chi connectivity index (χ3n) is 2.75. The minimum atomic E-state index is -0.306. The predicted molar refractivity (Wildman–Crippen MR) is 54.7 cm³/mol. The Morgan fingerprint density at radius 3 is 2.71 bits per heavy atom. The summed E-state index contributed by atoms with van der Waals surface area (Å²) in [5, 5.41) is 8.87. The van der Waals surface area contributed by atoms with Gasteiger partial charge in [0.15, 0.2) is 0 Å². The molecule has 4 nitrogen and oxygen atoms in total. The lowest BCUT2D eigenvalue weighted by Crippen LogP contribution is -2.39. The third kappa shape index (κ3) is 2.69. The third-order valence-corrected chi connectivity index (χ3v) is 2.75. The van der Waals surface area contributed by atoms with Crippen molar-refractivity contribution < 1.29 is 9.90 Å². The second-order valence-corrected chi connectivity index (χ2v) is 4.79. The summed E-state index contributed by atoms with van der Waals surface area (Å²) in [5.41, 5.74) is 5.60. The summed E-state index contributed by atoms with van der Waals surface area (Å²) in [6.07, 6.45) is 1.47. The second-order valence-electron chi connectivity index (χ2n) is 4.79. The predicted octanol–water partition coefficient (Wildman–Crippen LogP) is -0.0454. The van der Waals surface area contributed by atoms with Gasteiger partial charge in [0.2, 0.25) is 5.91 Å². The van der Waals surface area contributed by atoms with E-state index in [-0.39, 0.29) is 24.0 Å². The highest BCUT2D eigenvalue weighted by atomic mass is 16.3. The van der Waals surface area contributed by atoms with Crippen molar-refractivity contribution >= 4 is 5.91 Å². The molecule has 1 heterocycles. The van der Waals surface area contributed by atoms with E-state index in [4.69, 9.17) is 10.8 Å². The number of nitrogens with zero attached hydrogens (tertiary/aromatic N) is 1. The lowest BCUT2D eigenvalue weighted by atomic mass is 9.89. The zero-order valence-electron chi connectivity index (χ0n) is 8.99. The van der Waals surface area contributed by atoms with E-state index >= 15 is 0 Å². The van der Waals surface area contributed by atoms with E-state index < -0.39 is 0 Å². The Balaban J connectivity index is 2.48. The quantitative estimate of drug-likeness (QED) is 0.669. The van der Waals surface area contributed by atoms with Crippen molar-refractivity contribution in [2.75, 3.05) is 19.7 Å². The normalized spacial score (nSPS) is 23.3. The molecular formula is C10H20N2O2. The maximum absolute atomic E-state index is 11.5. The molecule has 0 aromatic carbocycles. The van der Waals surface area contributed by atoms with Crippen LogP contribution in [0.25, 0.3) is 0 Å². The second kappa shape index (κ2) is 4.28. The van der Waals surface area contributed by atoms with E-state index in [0.29, 0.717) is 13.0 Å². The molecule has 3 N–H and O–H groups in total. The fourth-order valence-corrected chi connectivity index (χ4v) is 1.82. The molecule has 0 bridgehead atoms. The number of rotatable bonds is 4. The van der Waals surface area contributed by atoms with Gasteiger partial charge in [0.1, 0.15) is 0 Å². The Labute approximate surface area is 85.1 Å². The summed E-state index contributed by atoms with van der Waals surface area (Å²) < 4.78 is 0. The van der Waals surface area contributed by atoms with Crippen LogP contribution in [0.1, 0.15) is 26.7 Å². The molecule has 1 saturated heterocycles. The molecule has 0 spiro atoms. The number of carbonyl (C=O) groups excluding carboxylic acids is 1.